The summed E-state index contributed by atoms with van der Waals surface area (Å²) in [5.74, 6) is 0. The minimum atomic E-state index is -5.97. The van der Waals surface area contributed by atoms with E-state index in [1.807, 2.05) is 0 Å². The number of nitrogens with zero attached hydrogens (tertiary/aromatic N) is 3. The van der Waals surface area contributed by atoms with Crippen LogP contribution in [0.1, 0.15) is 0 Å². The van der Waals surface area contributed by atoms with Crippen molar-refractivity contribution < 1.29 is 30.5 Å². The quantitative estimate of drug-likeness (QED) is 0.587. The standard InChI is InChI=1S/C7H19F3N3O4PS/c1-11(2)18(14,12(3)4,13(5)6)17-19(15,16)7(8,9)10/h14H,1-6H3. The van der Waals surface area contributed by atoms with Crippen molar-refractivity contribution in [2.45, 2.75) is 5.51 Å². The molecule has 0 unspecified atom stereocenters. The second-order valence-corrected chi connectivity index (χ2v) is 10.5. The molecule has 118 valence electrons. The van der Waals surface area contributed by atoms with Gasteiger partial charge in [0, 0.05) is 0 Å². The Morgan fingerprint density at radius 3 is 1.37 bits per heavy atom. The summed E-state index contributed by atoms with van der Waals surface area (Å²) in [4.78, 5) is 10.7. The van der Waals surface area contributed by atoms with Crippen LogP contribution in [0.4, 0.5) is 13.2 Å². The monoisotopic (exact) mass is 329 g/mol. The van der Waals surface area contributed by atoms with Gasteiger partial charge in [0.15, 0.2) is 0 Å². The van der Waals surface area contributed by atoms with Gasteiger partial charge in [-0.15, -0.1) is 0 Å². The Kier molecular flexibility index (Phi) is 5.06. The van der Waals surface area contributed by atoms with Crippen molar-refractivity contribution in [2.24, 2.45) is 0 Å². The summed E-state index contributed by atoms with van der Waals surface area (Å²) in [7, 11) is -3.68. The number of hydrogen-bond acceptors (Lipinski definition) is 7. The van der Waals surface area contributed by atoms with E-state index in [2.05, 4.69) is 3.97 Å². The average molecular weight is 329 g/mol. The van der Waals surface area contributed by atoms with E-state index < -0.39 is 23.1 Å². The molecule has 0 amide bonds. The zero-order chi connectivity index (χ0) is 15.9. The third-order valence-corrected chi connectivity index (χ3v) is 9.23. The number of alkyl halides is 3. The molecule has 0 aliphatic rings. The Morgan fingerprint density at radius 1 is 0.947 bits per heavy atom. The molecule has 0 aromatic rings. The van der Waals surface area contributed by atoms with Crippen molar-refractivity contribution in [3.8, 4) is 0 Å². The first kappa shape index (κ1) is 19.0. The molecule has 0 spiro atoms. The molecule has 1 N–H and O–H groups in total. The van der Waals surface area contributed by atoms with Crippen LogP contribution in [0.5, 0.6) is 0 Å². The molecule has 0 rings (SSSR count). The maximum absolute atomic E-state index is 12.5. The SMILES string of the molecule is CN(C)P(O)(OS(=O)(=O)C(F)(F)F)(N(C)C)N(C)C. The molecule has 0 heterocycles. The molecule has 0 saturated heterocycles. The van der Waals surface area contributed by atoms with Crippen LogP contribution in [0, 0.1) is 0 Å². The molecule has 0 fully saturated rings. The summed E-state index contributed by atoms with van der Waals surface area (Å²) >= 11 is 0. The van der Waals surface area contributed by atoms with Crippen molar-refractivity contribution in [3.05, 3.63) is 0 Å². The van der Waals surface area contributed by atoms with Crippen LogP contribution in [-0.2, 0) is 14.1 Å². The topological polar surface area (TPSA) is 73.3 Å². The van der Waals surface area contributed by atoms with Crippen LogP contribution >= 0.6 is 7.51 Å². The summed E-state index contributed by atoms with van der Waals surface area (Å²) in [6, 6.07) is 0. The Balaban J connectivity index is 6.11. The normalized spacial score (nSPS) is 17.0. The summed E-state index contributed by atoms with van der Waals surface area (Å²) in [5, 5.41) is 0. The van der Waals surface area contributed by atoms with E-state index in [9.17, 15) is 26.5 Å². The second-order valence-electron chi connectivity index (χ2n) is 4.38. The summed E-state index contributed by atoms with van der Waals surface area (Å²) in [5.41, 5.74) is -5.62. The molecule has 0 aliphatic carbocycles. The Hall–Kier alpha value is -0.0300. The number of rotatable bonds is 5. The first-order valence-corrected chi connectivity index (χ1v) is 8.31. The van der Waals surface area contributed by atoms with Crippen molar-refractivity contribution in [3.63, 3.8) is 0 Å². The van der Waals surface area contributed by atoms with Gasteiger partial charge in [0.05, 0.1) is 0 Å². The molecule has 0 aromatic carbocycles. The fraction of sp³-hybridized carbons (Fsp3) is 1.00. The molecule has 7 nitrogen and oxygen atoms in total. The zero-order valence-corrected chi connectivity index (χ0v) is 13.2. The van der Waals surface area contributed by atoms with Gasteiger partial charge in [-0.3, -0.25) is 0 Å². The summed E-state index contributed by atoms with van der Waals surface area (Å²) < 4.78 is 66.9. The van der Waals surface area contributed by atoms with Crippen molar-refractivity contribution >= 4 is 17.6 Å². The summed E-state index contributed by atoms with van der Waals surface area (Å²) in [6.45, 7) is 0. The minimum absolute atomic E-state index is 0.925. The summed E-state index contributed by atoms with van der Waals surface area (Å²) in [6.07, 6.45) is 0. The van der Waals surface area contributed by atoms with Gasteiger partial charge in [0.25, 0.3) is 0 Å². The number of halogens is 3. The van der Waals surface area contributed by atoms with Gasteiger partial charge in [0.2, 0.25) is 0 Å². The van der Waals surface area contributed by atoms with Gasteiger partial charge >= 0.3 is 110 Å². The van der Waals surface area contributed by atoms with Crippen LogP contribution in [0.15, 0.2) is 0 Å². The molecular weight excluding hydrogens is 310 g/mol. The van der Waals surface area contributed by atoms with E-state index in [-0.39, 0.29) is 0 Å². The van der Waals surface area contributed by atoms with Crippen LogP contribution in [0.25, 0.3) is 0 Å². The zero-order valence-electron chi connectivity index (χ0n) is 11.5. The van der Waals surface area contributed by atoms with E-state index in [0.29, 0.717) is 0 Å². The first-order chi connectivity index (χ1) is 8.11. The van der Waals surface area contributed by atoms with Gasteiger partial charge in [-0.25, -0.2) is 0 Å². The van der Waals surface area contributed by atoms with Gasteiger partial charge in [-0.1, -0.05) is 0 Å². The van der Waals surface area contributed by atoms with Crippen LogP contribution in [0.3, 0.4) is 0 Å². The molecule has 19 heavy (non-hydrogen) atoms. The Labute approximate surface area is 110 Å². The van der Waals surface area contributed by atoms with E-state index in [1.54, 1.807) is 0 Å². The average Bonchev–Trinajstić information content (AvgIpc) is 2.13. The maximum atomic E-state index is 12.5. The van der Waals surface area contributed by atoms with Crippen LogP contribution in [0.2, 0.25) is 0 Å². The van der Waals surface area contributed by atoms with Gasteiger partial charge in [-0.05, 0) is 0 Å². The van der Waals surface area contributed by atoms with Crippen molar-refractivity contribution in [1.29, 1.82) is 0 Å². The van der Waals surface area contributed by atoms with E-state index in [1.165, 1.54) is 42.3 Å². The molecule has 0 saturated carbocycles. The molecule has 0 aromatic heterocycles. The Morgan fingerprint density at radius 2 is 1.21 bits per heavy atom. The van der Waals surface area contributed by atoms with E-state index in [0.717, 1.165) is 14.0 Å². The third kappa shape index (κ3) is 2.87. The van der Waals surface area contributed by atoms with E-state index >= 15 is 0 Å². The Bertz CT molecular complexity index is 413. The molecule has 0 bridgehead atoms. The molecule has 0 aliphatic heterocycles. The molecular formula is C7H19F3N3O4PS. The van der Waals surface area contributed by atoms with Crippen LogP contribution in [-0.4, -0.2) is 75.1 Å². The fourth-order valence-corrected chi connectivity index (χ4v) is 6.98. The second kappa shape index (κ2) is 5.06. The predicted molar refractivity (Wildman–Crippen MR) is 66.3 cm³/mol. The third-order valence-electron chi connectivity index (χ3n) is 2.61. The molecule has 0 atom stereocenters. The van der Waals surface area contributed by atoms with Crippen molar-refractivity contribution in [2.75, 3.05) is 42.3 Å². The van der Waals surface area contributed by atoms with E-state index in [4.69, 9.17) is 0 Å². The van der Waals surface area contributed by atoms with Gasteiger partial charge in [0.1, 0.15) is 0 Å². The number of hydrogen-bond donors (Lipinski definition) is 1. The molecule has 0 radical (unpaired) electrons. The van der Waals surface area contributed by atoms with Gasteiger partial charge in [-0.2, -0.15) is 0 Å². The predicted octanol–water partition coefficient (Wildman–Crippen LogP) is 0.658. The fourth-order valence-electron chi connectivity index (χ4n) is 1.49. The molecule has 12 heteroatoms. The van der Waals surface area contributed by atoms with Crippen molar-refractivity contribution in [1.82, 2.24) is 14.0 Å². The van der Waals surface area contributed by atoms with Gasteiger partial charge < -0.3 is 0 Å². The first-order valence-electron chi connectivity index (χ1n) is 4.94. The van der Waals surface area contributed by atoms with Crippen LogP contribution < -0.4 is 0 Å².